The summed E-state index contributed by atoms with van der Waals surface area (Å²) >= 11 is 15.2. The molecule has 0 spiro atoms. The largest absolute Gasteiger partial charge is 0.493 e. The molecule has 0 unspecified atom stereocenters. The van der Waals surface area contributed by atoms with E-state index in [1.807, 2.05) is 0 Å². The summed E-state index contributed by atoms with van der Waals surface area (Å²) in [6, 6.07) is 16.4. The number of nitrogens with zero attached hydrogens (tertiary/aromatic N) is 1. The maximum atomic E-state index is 12.0. The second-order valence-corrected chi connectivity index (χ2v) is 8.54. The number of hydrogen-bond acceptors (Lipinski definition) is 7. The van der Waals surface area contributed by atoms with Gasteiger partial charge in [0, 0.05) is 9.50 Å². The third kappa shape index (κ3) is 8.47. The van der Waals surface area contributed by atoms with E-state index in [9.17, 15) is 9.59 Å². The minimum Gasteiger partial charge on any atom is -0.493 e. The number of ether oxygens (including phenoxy) is 4. The smallest absolute Gasteiger partial charge is 0.349 e. The Kier molecular flexibility index (Phi) is 9.77. The average molecular weight is 582 g/mol. The van der Waals surface area contributed by atoms with Crippen LogP contribution in [0.15, 0.2) is 70.2 Å². The van der Waals surface area contributed by atoms with Crippen LogP contribution in [0.2, 0.25) is 10.0 Å². The highest BCUT2D eigenvalue weighted by Gasteiger charge is 2.10. The molecule has 0 saturated heterocycles. The molecule has 1 amide bonds. The standard InChI is InChI=1S/C24H19BrCl2N2O6/c1-32-22-10-16(25)4-8-21(22)33-13-23(30)29-28-12-15-2-6-18(7-3-15)35-24(31)14-34-20-9-5-17(26)11-19(20)27/h2-12H,13-14H2,1H3,(H,29,30)/b28-12-. The maximum Gasteiger partial charge on any atom is 0.349 e. The number of carbonyl (C=O) groups excluding carboxylic acids is 2. The Bertz CT molecular complexity index is 1220. The molecule has 0 saturated carbocycles. The number of methoxy groups -OCH3 is 1. The van der Waals surface area contributed by atoms with Crippen LogP contribution >= 0.6 is 39.1 Å². The lowest BCUT2D eigenvalue weighted by Gasteiger charge is -2.10. The molecule has 0 aromatic heterocycles. The Balaban J connectivity index is 1.42. The summed E-state index contributed by atoms with van der Waals surface area (Å²) in [5, 5.41) is 4.64. The highest BCUT2D eigenvalue weighted by molar-refractivity contribution is 9.10. The molecule has 11 heteroatoms. The van der Waals surface area contributed by atoms with E-state index in [0.717, 1.165) is 4.47 Å². The first kappa shape index (κ1) is 26.3. The SMILES string of the molecule is COc1cc(Br)ccc1OCC(=O)N/N=C\c1ccc(OC(=O)COc2ccc(Cl)cc2Cl)cc1. The summed E-state index contributed by atoms with van der Waals surface area (Å²) in [7, 11) is 1.51. The van der Waals surface area contributed by atoms with Gasteiger partial charge in [-0.05, 0) is 66.2 Å². The first-order valence-electron chi connectivity index (χ1n) is 10.0. The molecule has 0 aliphatic rings. The third-order valence-electron chi connectivity index (χ3n) is 4.24. The van der Waals surface area contributed by atoms with Gasteiger partial charge in [0.05, 0.1) is 18.3 Å². The van der Waals surface area contributed by atoms with Gasteiger partial charge in [-0.1, -0.05) is 39.1 Å². The lowest BCUT2D eigenvalue weighted by atomic mass is 10.2. The van der Waals surface area contributed by atoms with Crippen LogP contribution in [-0.4, -0.2) is 38.4 Å². The fourth-order valence-electron chi connectivity index (χ4n) is 2.63. The summed E-state index contributed by atoms with van der Waals surface area (Å²) in [6.07, 6.45) is 1.44. The van der Waals surface area contributed by atoms with E-state index in [4.69, 9.17) is 42.1 Å². The molecule has 0 bridgehead atoms. The molecule has 8 nitrogen and oxygen atoms in total. The zero-order valence-electron chi connectivity index (χ0n) is 18.3. The zero-order valence-corrected chi connectivity index (χ0v) is 21.4. The van der Waals surface area contributed by atoms with Gasteiger partial charge in [-0.25, -0.2) is 10.2 Å². The lowest BCUT2D eigenvalue weighted by molar-refractivity contribution is -0.136. The monoisotopic (exact) mass is 580 g/mol. The number of hydrazone groups is 1. The Morgan fingerprint density at radius 2 is 1.66 bits per heavy atom. The molecule has 35 heavy (non-hydrogen) atoms. The molecule has 0 atom stereocenters. The van der Waals surface area contributed by atoms with E-state index >= 15 is 0 Å². The van der Waals surface area contributed by atoms with Gasteiger partial charge in [0.2, 0.25) is 0 Å². The molecule has 0 aliphatic heterocycles. The fraction of sp³-hybridized carbons (Fsp3) is 0.125. The molecule has 0 radical (unpaired) electrons. The number of hydrogen-bond donors (Lipinski definition) is 1. The molecule has 3 aromatic carbocycles. The summed E-state index contributed by atoms with van der Waals surface area (Å²) in [4.78, 5) is 24.0. The van der Waals surface area contributed by atoms with Gasteiger partial charge in [0.25, 0.3) is 5.91 Å². The molecule has 0 heterocycles. The molecule has 0 aliphatic carbocycles. The van der Waals surface area contributed by atoms with E-state index in [0.29, 0.717) is 38.6 Å². The quantitative estimate of drug-likeness (QED) is 0.151. The molecule has 0 fully saturated rings. The van der Waals surface area contributed by atoms with Gasteiger partial charge >= 0.3 is 5.97 Å². The molecule has 1 N–H and O–H groups in total. The van der Waals surface area contributed by atoms with Gasteiger partial charge in [0.1, 0.15) is 11.5 Å². The van der Waals surface area contributed by atoms with E-state index in [-0.39, 0.29) is 13.2 Å². The van der Waals surface area contributed by atoms with Crippen molar-refractivity contribution in [1.82, 2.24) is 5.43 Å². The van der Waals surface area contributed by atoms with E-state index in [1.165, 1.54) is 19.4 Å². The number of halogens is 3. The van der Waals surface area contributed by atoms with Crippen molar-refractivity contribution in [2.75, 3.05) is 20.3 Å². The Labute approximate surface area is 219 Å². The van der Waals surface area contributed by atoms with E-state index in [2.05, 4.69) is 26.5 Å². The fourth-order valence-corrected chi connectivity index (χ4v) is 3.43. The van der Waals surface area contributed by atoms with Crippen molar-refractivity contribution in [2.45, 2.75) is 0 Å². The maximum absolute atomic E-state index is 12.0. The van der Waals surface area contributed by atoms with Crippen LogP contribution in [0.4, 0.5) is 0 Å². The average Bonchev–Trinajstić information content (AvgIpc) is 2.83. The number of esters is 1. The zero-order chi connectivity index (χ0) is 25.2. The highest BCUT2D eigenvalue weighted by Crippen LogP contribution is 2.30. The topological polar surface area (TPSA) is 95.5 Å². The van der Waals surface area contributed by atoms with Crippen LogP contribution in [0.1, 0.15) is 5.56 Å². The van der Waals surface area contributed by atoms with Crippen LogP contribution in [-0.2, 0) is 9.59 Å². The Morgan fingerprint density at radius 1 is 0.943 bits per heavy atom. The number of amides is 1. The highest BCUT2D eigenvalue weighted by atomic mass is 79.9. The molecule has 3 rings (SSSR count). The van der Waals surface area contributed by atoms with Crippen molar-refractivity contribution in [3.8, 4) is 23.0 Å². The molecular weight excluding hydrogens is 563 g/mol. The number of nitrogens with one attached hydrogen (secondary N) is 1. The van der Waals surface area contributed by atoms with Crippen molar-refractivity contribution in [1.29, 1.82) is 0 Å². The van der Waals surface area contributed by atoms with Gasteiger partial charge in [-0.2, -0.15) is 5.10 Å². The van der Waals surface area contributed by atoms with Crippen molar-refractivity contribution >= 4 is 57.2 Å². The van der Waals surface area contributed by atoms with Crippen molar-refractivity contribution in [2.24, 2.45) is 5.10 Å². The number of benzene rings is 3. The second kappa shape index (κ2) is 13.0. The summed E-state index contributed by atoms with van der Waals surface area (Å²) in [6.45, 7) is -0.571. The van der Waals surface area contributed by atoms with Gasteiger partial charge in [0.15, 0.2) is 24.7 Å². The third-order valence-corrected chi connectivity index (χ3v) is 5.26. The first-order chi connectivity index (χ1) is 16.8. The van der Waals surface area contributed by atoms with Gasteiger partial charge in [-0.3, -0.25) is 4.79 Å². The summed E-state index contributed by atoms with van der Waals surface area (Å²) in [5.74, 6) is 0.518. The van der Waals surface area contributed by atoms with Crippen LogP contribution in [0.5, 0.6) is 23.0 Å². The molecular formula is C24H19BrCl2N2O6. The van der Waals surface area contributed by atoms with E-state index < -0.39 is 11.9 Å². The first-order valence-corrected chi connectivity index (χ1v) is 11.6. The van der Waals surface area contributed by atoms with Crippen LogP contribution in [0, 0.1) is 0 Å². The minimum atomic E-state index is -0.605. The number of carbonyl (C=O) groups is 2. The van der Waals surface area contributed by atoms with Gasteiger partial charge in [-0.15, -0.1) is 0 Å². The summed E-state index contributed by atoms with van der Waals surface area (Å²) < 4.78 is 22.1. The Hall–Kier alpha value is -3.27. The van der Waals surface area contributed by atoms with Crippen molar-refractivity contribution in [3.63, 3.8) is 0 Å². The second-order valence-electron chi connectivity index (χ2n) is 6.78. The van der Waals surface area contributed by atoms with Crippen LogP contribution < -0.4 is 24.4 Å². The predicted molar refractivity (Wildman–Crippen MR) is 136 cm³/mol. The van der Waals surface area contributed by atoms with Crippen LogP contribution in [0.25, 0.3) is 0 Å². The molecule has 3 aromatic rings. The normalized spacial score (nSPS) is 10.6. The minimum absolute atomic E-state index is 0.243. The van der Waals surface area contributed by atoms with Crippen LogP contribution in [0.3, 0.4) is 0 Å². The van der Waals surface area contributed by atoms with Gasteiger partial charge < -0.3 is 18.9 Å². The number of rotatable bonds is 10. The van der Waals surface area contributed by atoms with Crippen molar-refractivity contribution in [3.05, 3.63) is 80.7 Å². The van der Waals surface area contributed by atoms with Crippen molar-refractivity contribution < 1.29 is 28.5 Å². The lowest BCUT2D eigenvalue weighted by Crippen LogP contribution is -2.24. The Morgan fingerprint density at radius 3 is 2.37 bits per heavy atom. The summed E-state index contributed by atoms with van der Waals surface area (Å²) in [5.41, 5.74) is 3.04. The predicted octanol–water partition coefficient (Wildman–Crippen LogP) is 5.28. The van der Waals surface area contributed by atoms with E-state index in [1.54, 1.807) is 54.6 Å². The molecule has 182 valence electrons.